The lowest BCUT2D eigenvalue weighted by Gasteiger charge is -2.22. The second-order valence-electron chi connectivity index (χ2n) is 6.53. The molecule has 2 aromatic rings. The van der Waals surface area contributed by atoms with Gasteiger partial charge in [-0.15, -0.1) is 0 Å². The average Bonchev–Trinajstić information content (AvgIpc) is 2.56. The summed E-state index contributed by atoms with van der Waals surface area (Å²) >= 11 is 0. The lowest BCUT2D eigenvalue weighted by Crippen LogP contribution is -2.47. The van der Waals surface area contributed by atoms with Crippen molar-refractivity contribution in [2.75, 3.05) is 5.32 Å². The van der Waals surface area contributed by atoms with Gasteiger partial charge in [-0.05, 0) is 49.1 Å². The van der Waals surface area contributed by atoms with Gasteiger partial charge in [-0.25, -0.2) is 8.78 Å². The zero-order valence-electron chi connectivity index (χ0n) is 15.2. The first-order valence-corrected chi connectivity index (χ1v) is 8.34. The maximum absolute atomic E-state index is 13.8. The number of benzene rings is 2. The molecule has 0 fully saturated rings. The fourth-order valence-electron chi connectivity index (χ4n) is 2.56. The Morgan fingerprint density at radius 1 is 0.962 bits per heavy atom. The zero-order chi connectivity index (χ0) is 19.4. The molecule has 0 aliphatic carbocycles. The summed E-state index contributed by atoms with van der Waals surface area (Å²) < 4.78 is 27.6. The molecule has 4 nitrogen and oxygen atoms in total. The summed E-state index contributed by atoms with van der Waals surface area (Å²) in [5.74, 6) is -3.63. The fraction of sp³-hybridized carbons (Fsp3) is 0.300. The molecule has 26 heavy (non-hydrogen) atoms. The van der Waals surface area contributed by atoms with Gasteiger partial charge in [0.1, 0.15) is 23.2 Å². The summed E-state index contributed by atoms with van der Waals surface area (Å²) in [6, 6.07) is 7.73. The molecule has 0 aromatic heterocycles. The SMILES string of the molecule is Cc1cccc(NC(=O)[C@@H](NC(=O)c2c(F)cccc2F)C(C)C)c1C. The number of hydrogen-bond donors (Lipinski definition) is 2. The van der Waals surface area contributed by atoms with E-state index in [1.165, 1.54) is 6.07 Å². The van der Waals surface area contributed by atoms with Gasteiger partial charge in [-0.2, -0.15) is 0 Å². The molecule has 0 unspecified atom stereocenters. The Morgan fingerprint density at radius 2 is 1.54 bits per heavy atom. The number of aryl methyl sites for hydroxylation is 1. The largest absolute Gasteiger partial charge is 0.340 e. The fourth-order valence-corrected chi connectivity index (χ4v) is 2.56. The number of rotatable bonds is 5. The van der Waals surface area contributed by atoms with Gasteiger partial charge < -0.3 is 10.6 Å². The molecule has 0 saturated heterocycles. The van der Waals surface area contributed by atoms with Gasteiger partial charge in [0, 0.05) is 5.69 Å². The van der Waals surface area contributed by atoms with Crippen LogP contribution >= 0.6 is 0 Å². The molecule has 2 rings (SSSR count). The van der Waals surface area contributed by atoms with Crippen LogP contribution in [0.4, 0.5) is 14.5 Å². The van der Waals surface area contributed by atoms with Crippen LogP contribution < -0.4 is 10.6 Å². The van der Waals surface area contributed by atoms with Crippen LogP contribution in [0, 0.1) is 31.4 Å². The smallest absolute Gasteiger partial charge is 0.257 e. The molecule has 0 radical (unpaired) electrons. The molecule has 2 N–H and O–H groups in total. The highest BCUT2D eigenvalue weighted by atomic mass is 19.1. The number of amides is 2. The second kappa shape index (κ2) is 8.08. The van der Waals surface area contributed by atoms with E-state index >= 15 is 0 Å². The van der Waals surface area contributed by atoms with Crippen LogP contribution in [-0.2, 0) is 4.79 Å². The second-order valence-corrected chi connectivity index (χ2v) is 6.53. The standard InChI is InChI=1S/C20H22F2N2O2/c1-11(2)18(20(26)23-16-10-5-7-12(3)13(16)4)24-19(25)17-14(21)8-6-9-15(17)22/h5-11,18H,1-4H3,(H,23,26)(H,24,25)/t18-/m0/s1. The van der Waals surface area contributed by atoms with E-state index in [-0.39, 0.29) is 5.92 Å². The summed E-state index contributed by atoms with van der Waals surface area (Å²) in [6.07, 6.45) is 0. The molecule has 138 valence electrons. The first-order valence-electron chi connectivity index (χ1n) is 8.34. The monoisotopic (exact) mass is 360 g/mol. The van der Waals surface area contributed by atoms with Crippen LogP contribution in [0.5, 0.6) is 0 Å². The summed E-state index contributed by atoms with van der Waals surface area (Å²) in [5, 5.41) is 5.21. The van der Waals surface area contributed by atoms with E-state index in [4.69, 9.17) is 0 Å². The van der Waals surface area contributed by atoms with Gasteiger partial charge in [0.25, 0.3) is 5.91 Å². The Hall–Kier alpha value is -2.76. The van der Waals surface area contributed by atoms with Crippen molar-refractivity contribution in [3.8, 4) is 0 Å². The van der Waals surface area contributed by atoms with E-state index in [1.54, 1.807) is 19.9 Å². The van der Waals surface area contributed by atoms with Crippen LogP contribution in [0.3, 0.4) is 0 Å². The molecule has 2 aromatic carbocycles. The average molecular weight is 360 g/mol. The molecule has 0 aliphatic heterocycles. The van der Waals surface area contributed by atoms with E-state index in [0.717, 1.165) is 23.3 Å². The van der Waals surface area contributed by atoms with Crippen molar-refractivity contribution in [2.24, 2.45) is 5.92 Å². The van der Waals surface area contributed by atoms with Crippen molar-refractivity contribution < 1.29 is 18.4 Å². The summed E-state index contributed by atoms with van der Waals surface area (Å²) in [7, 11) is 0. The van der Waals surface area contributed by atoms with Gasteiger partial charge in [-0.3, -0.25) is 9.59 Å². The summed E-state index contributed by atoms with van der Waals surface area (Å²) in [4.78, 5) is 24.9. The first kappa shape index (κ1) is 19.6. The predicted molar refractivity (Wildman–Crippen MR) is 97.0 cm³/mol. The zero-order valence-corrected chi connectivity index (χ0v) is 15.2. The van der Waals surface area contributed by atoms with E-state index in [9.17, 15) is 18.4 Å². The maximum Gasteiger partial charge on any atom is 0.257 e. The van der Waals surface area contributed by atoms with Crippen molar-refractivity contribution in [3.05, 3.63) is 64.7 Å². The number of anilines is 1. The van der Waals surface area contributed by atoms with Gasteiger partial charge in [0.05, 0.1) is 0 Å². The van der Waals surface area contributed by atoms with Crippen LogP contribution in [-0.4, -0.2) is 17.9 Å². The van der Waals surface area contributed by atoms with Crippen LogP contribution in [0.25, 0.3) is 0 Å². The normalized spacial score (nSPS) is 12.0. The molecule has 0 aliphatic rings. The van der Waals surface area contributed by atoms with Crippen molar-refractivity contribution >= 4 is 17.5 Å². The van der Waals surface area contributed by atoms with Gasteiger partial charge in [-0.1, -0.05) is 32.0 Å². The van der Waals surface area contributed by atoms with Gasteiger partial charge >= 0.3 is 0 Å². The Labute approximate surface area is 151 Å². The van der Waals surface area contributed by atoms with Crippen molar-refractivity contribution in [3.63, 3.8) is 0 Å². The van der Waals surface area contributed by atoms with Crippen molar-refractivity contribution in [1.82, 2.24) is 5.32 Å². The maximum atomic E-state index is 13.8. The first-order chi connectivity index (χ1) is 12.2. The minimum absolute atomic E-state index is 0.279. The quantitative estimate of drug-likeness (QED) is 0.847. The van der Waals surface area contributed by atoms with E-state index in [0.29, 0.717) is 5.69 Å². The summed E-state index contributed by atoms with van der Waals surface area (Å²) in [6.45, 7) is 7.28. The minimum Gasteiger partial charge on any atom is -0.340 e. The Balaban J connectivity index is 2.22. The summed E-state index contributed by atoms with van der Waals surface area (Å²) in [5.41, 5.74) is 1.86. The van der Waals surface area contributed by atoms with Gasteiger partial charge in [0.15, 0.2) is 0 Å². The highest BCUT2D eigenvalue weighted by Crippen LogP contribution is 2.19. The number of carbonyl (C=O) groups is 2. The van der Waals surface area contributed by atoms with Crippen LogP contribution in [0.1, 0.15) is 35.3 Å². The van der Waals surface area contributed by atoms with Crippen LogP contribution in [0.15, 0.2) is 36.4 Å². The van der Waals surface area contributed by atoms with E-state index in [1.807, 2.05) is 26.0 Å². The lowest BCUT2D eigenvalue weighted by atomic mass is 10.0. The molecule has 1 atom stereocenters. The topological polar surface area (TPSA) is 58.2 Å². The lowest BCUT2D eigenvalue weighted by molar-refractivity contribution is -0.118. The minimum atomic E-state index is -0.972. The van der Waals surface area contributed by atoms with Crippen molar-refractivity contribution in [1.29, 1.82) is 0 Å². The molecular formula is C20H22F2N2O2. The van der Waals surface area contributed by atoms with Crippen LogP contribution in [0.2, 0.25) is 0 Å². The molecule has 0 bridgehead atoms. The molecule has 0 saturated carbocycles. The predicted octanol–water partition coefficient (Wildman–Crippen LogP) is 3.97. The molecule has 2 amide bonds. The number of nitrogens with one attached hydrogen (secondary N) is 2. The van der Waals surface area contributed by atoms with E-state index in [2.05, 4.69) is 10.6 Å². The molecule has 0 heterocycles. The van der Waals surface area contributed by atoms with Gasteiger partial charge in [0.2, 0.25) is 5.91 Å². The Kier molecular flexibility index (Phi) is 6.08. The number of hydrogen-bond acceptors (Lipinski definition) is 2. The third-order valence-corrected chi connectivity index (χ3v) is 4.29. The highest BCUT2D eigenvalue weighted by Gasteiger charge is 2.27. The number of halogens is 2. The highest BCUT2D eigenvalue weighted by molar-refractivity contribution is 6.01. The van der Waals surface area contributed by atoms with Crippen molar-refractivity contribution in [2.45, 2.75) is 33.7 Å². The molecule has 0 spiro atoms. The van der Waals surface area contributed by atoms with E-state index < -0.39 is 35.1 Å². The molecule has 6 heteroatoms. The Morgan fingerprint density at radius 3 is 2.12 bits per heavy atom. The number of carbonyl (C=O) groups excluding carboxylic acids is 2. The third kappa shape index (κ3) is 4.25. The molecular weight excluding hydrogens is 338 g/mol. The third-order valence-electron chi connectivity index (χ3n) is 4.29. The Bertz CT molecular complexity index is 814.